The topological polar surface area (TPSA) is 81.6 Å². The number of carbonyl (C=O) groups excluding carboxylic acids is 1. The number of aryl methyl sites for hydroxylation is 2. The molecule has 3 atom stereocenters. The summed E-state index contributed by atoms with van der Waals surface area (Å²) in [7, 11) is 0. The van der Waals surface area contributed by atoms with Crippen LogP contribution >= 0.6 is 0 Å². The fourth-order valence-electron chi connectivity index (χ4n) is 3.46. The molecule has 4 heterocycles. The van der Waals surface area contributed by atoms with E-state index in [0.717, 1.165) is 18.6 Å². The number of nitrogens with zero attached hydrogens (tertiary/aromatic N) is 3. The zero-order valence-electron chi connectivity index (χ0n) is 13.2. The molecule has 2 fully saturated rings. The van der Waals surface area contributed by atoms with Gasteiger partial charge in [-0.2, -0.15) is 4.98 Å². The number of hydrogen-bond donors (Lipinski definition) is 0. The van der Waals surface area contributed by atoms with E-state index in [4.69, 9.17) is 13.7 Å². The van der Waals surface area contributed by atoms with Crippen molar-refractivity contribution in [1.82, 2.24) is 15.0 Å². The number of aromatic nitrogens is 2. The molecule has 2 aromatic heterocycles. The third-order valence-corrected chi connectivity index (χ3v) is 4.59. The Labute approximate surface area is 133 Å². The summed E-state index contributed by atoms with van der Waals surface area (Å²) in [4.78, 5) is 18.6. The molecule has 2 aromatic rings. The van der Waals surface area contributed by atoms with E-state index in [-0.39, 0.29) is 18.1 Å². The van der Waals surface area contributed by atoms with Crippen LogP contribution in [0.4, 0.5) is 0 Å². The SMILES string of the molecule is Cc1ccc(C(=O)N2CC[C@H]3O[C@@H](c4noc(C)n4)C[C@H]3C2)o1. The number of furan rings is 1. The van der Waals surface area contributed by atoms with E-state index in [9.17, 15) is 4.79 Å². The Morgan fingerprint density at radius 3 is 2.91 bits per heavy atom. The van der Waals surface area contributed by atoms with Gasteiger partial charge in [0.25, 0.3) is 5.91 Å². The summed E-state index contributed by atoms with van der Waals surface area (Å²) in [6.07, 6.45) is 1.65. The lowest BCUT2D eigenvalue weighted by atomic mass is 9.92. The molecule has 122 valence electrons. The summed E-state index contributed by atoms with van der Waals surface area (Å²) < 4.78 is 16.5. The molecule has 2 saturated heterocycles. The molecule has 2 aliphatic heterocycles. The van der Waals surface area contributed by atoms with Crippen molar-refractivity contribution in [2.45, 2.75) is 38.9 Å². The van der Waals surface area contributed by atoms with Gasteiger partial charge < -0.3 is 18.6 Å². The molecule has 1 amide bonds. The second-order valence-corrected chi connectivity index (χ2v) is 6.28. The number of fused-ring (bicyclic) bond motifs is 1. The van der Waals surface area contributed by atoms with Crippen LogP contribution in [0.1, 0.15) is 47.0 Å². The lowest BCUT2D eigenvalue weighted by Gasteiger charge is -2.33. The van der Waals surface area contributed by atoms with E-state index < -0.39 is 0 Å². The quantitative estimate of drug-likeness (QED) is 0.845. The van der Waals surface area contributed by atoms with Crippen LogP contribution in [0.3, 0.4) is 0 Å². The minimum Gasteiger partial charge on any atom is -0.456 e. The van der Waals surface area contributed by atoms with Crippen molar-refractivity contribution in [3.63, 3.8) is 0 Å². The van der Waals surface area contributed by atoms with Crippen molar-refractivity contribution in [1.29, 1.82) is 0 Å². The molecule has 0 bridgehead atoms. The Hall–Kier alpha value is -2.15. The monoisotopic (exact) mass is 317 g/mol. The average Bonchev–Trinajstić information content (AvgIpc) is 3.24. The average molecular weight is 317 g/mol. The Morgan fingerprint density at radius 2 is 2.22 bits per heavy atom. The van der Waals surface area contributed by atoms with E-state index in [1.54, 1.807) is 13.0 Å². The van der Waals surface area contributed by atoms with Gasteiger partial charge >= 0.3 is 0 Å². The summed E-state index contributed by atoms with van der Waals surface area (Å²) in [6, 6.07) is 3.55. The van der Waals surface area contributed by atoms with Crippen LogP contribution in [0.15, 0.2) is 21.1 Å². The van der Waals surface area contributed by atoms with Gasteiger partial charge in [-0.1, -0.05) is 5.16 Å². The molecule has 7 heteroatoms. The first kappa shape index (κ1) is 14.4. The third-order valence-electron chi connectivity index (χ3n) is 4.59. The van der Waals surface area contributed by atoms with Crippen LogP contribution in [-0.4, -0.2) is 40.1 Å². The number of rotatable bonds is 2. The maximum absolute atomic E-state index is 12.5. The number of hydrogen-bond acceptors (Lipinski definition) is 6. The maximum Gasteiger partial charge on any atom is 0.289 e. The highest BCUT2D eigenvalue weighted by Crippen LogP contribution is 2.40. The zero-order valence-corrected chi connectivity index (χ0v) is 13.2. The van der Waals surface area contributed by atoms with Crippen molar-refractivity contribution < 1.29 is 18.5 Å². The minimum absolute atomic E-state index is 0.0459. The highest BCUT2D eigenvalue weighted by Gasteiger charge is 2.42. The van der Waals surface area contributed by atoms with Crippen LogP contribution in [0.2, 0.25) is 0 Å². The second kappa shape index (κ2) is 5.49. The number of ether oxygens (including phenoxy) is 1. The Kier molecular flexibility index (Phi) is 3.45. The molecule has 0 saturated carbocycles. The second-order valence-electron chi connectivity index (χ2n) is 6.28. The molecule has 4 rings (SSSR count). The van der Waals surface area contributed by atoms with E-state index in [2.05, 4.69) is 10.1 Å². The van der Waals surface area contributed by atoms with Crippen LogP contribution in [0.5, 0.6) is 0 Å². The van der Waals surface area contributed by atoms with Crippen LogP contribution in [0, 0.1) is 19.8 Å². The van der Waals surface area contributed by atoms with Gasteiger partial charge in [-0.25, -0.2) is 0 Å². The zero-order chi connectivity index (χ0) is 16.0. The number of amides is 1. The first-order chi connectivity index (χ1) is 11.1. The Balaban J connectivity index is 1.44. The van der Waals surface area contributed by atoms with E-state index >= 15 is 0 Å². The number of piperidine rings is 1. The first-order valence-corrected chi connectivity index (χ1v) is 7.91. The van der Waals surface area contributed by atoms with Crippen LogP contribution in [-0.2, 0) is 4.74 Å². The predicted octanol–water partition coefficient (Wildman–Crippen LogP) is 2.27. The number of likely N-dealkylation sites (tertiary alicyclic amines) is 1. The Morgan fingerprint density at radius 1 is 1.35 bits per heavy atom. The summed E-state index contributed by atoms with van der Waals surface area (Å²) in [5.74, 6) is 2.56. The van der Waals surface area contributed by atoms with Crippen molar-refractivity contribution in [3.8, 4) is 0 Å². The maximum atomic E-state index is 12.5. The standard InChI is InChI=1S/C16H19N3O4/c1-9-3-4-13(21-9)16(20)19-6-5-12-11(8-19)7-14(22-12)15-17-10(2)23-18-15/h3-4,11-12,14H,5-8H2,1-2H3/t11-,12+,14+/m0/s1. The highest BCUT2D eigenvalue weighted by atomic mass is 16.5. The van der Waals surface area contributed by atoms with Crippen molar-refractivity contribution >= 4 is 5.91 Å². The highest BCUT2D eigenvalue weighted by molar-refractivity contribution is 5.91. The summed E-state index contributed by atoms with van der Waals surface area (Å²) in [5, 5.41) is 3.95. The van der Waals surface area contributed by atoms with Crippen molar-refractivity contribution in [2.24, 2.45) is 5.92 Å². The van der Waals surface area contributed by atoms with Crippen LogP contribution in [0.25, 0.3) is 0 Å². The van der Waals surface area contributed by atoms with Gasteiger partial charge in [-0.15, -0.1) is 0 Å². The molecule has 0 aliphatic carbocycles. The van der Waals surface area contributed by atoms with Gasteiger partial charge in [-0.3, -0.25) is 4.79 Å². The smallest absolute Gasteiger partial charge is 0.289 e. The fraction of sp³-hybridized carbons (Fsp3) is 0.562. The minimum atomic E-state index is -0.136. The molecule has 7 nitrogen and oxygen atoms in total. The molecule has 0 unspecified atom stereocenters. The van der Waals surface area contributed by atoms with Gasteiger partial charge in [0.15, 0.2) is 5.76 Å². The molecular weight excluding hydrogens is 298 g/mol. The Bertz CT molecular complexity index is 722. The molecular formula is C16H19N3O4. The van der Waals surface area contributed by atoms with Gasteiger partial charge in [-0.05, 0) is 31.9 Å². The van der Waals surface area contributed by atoms with E-state index in [1.165, 1.54) is 0 Å². The summed E-state index contributed by atoms with van der Waals surface area (Å²) in [5.41, 5.74) is 0. The third kappa shape index (κ3) is 2.65. The molecule has 0 spiro atoms. The van der Waals surface area contributed by atoms with Crippen molar-refractivity contribution in [3.05, 3.63) is 35.4 Å². The van der Waals surface area contributed by atoms with E-state index in [1.807, 2.05) is 17.9 Å². The molecule has 0 N–H and O–H groups in total. The summed E-state index contributed by atoms with van der Waals surface area (Å²) >= 11 is 0. The number of carbonyl (C=O) groups is 1. The molecule has 0 aromatic carbocycles. The molecule has 0 radical (unpaired) electrons. The normalized spacial score (nSPS) is 27.2. The fourth-order valence-corrected chi connectivity index (χ4v) is 3.46. The summed E-state index contributed by atoms with van der Waals surface area (Å²) in [6.45, 7) is 4.96. The van der Waals surface area contributed by atoms with Gasteiger partial charge in [0.1, 0.15) is 11.9 Å². The molecule has 2 aliphatic rings. The lowest BCUT2D eigenvalue weighted by Crippen LogP contribution is -2.44. The predicted molar refractivity (Wildman–Crippen MR) is 78.7 cm³/mol. The molecule has 23 heavy (non-hydrogen) atoms. The largest absolute Gasteiger partial charge is 0.456 e. The van der Waals surface area contributed by atoms with Gasteiger partial charge in [0, 0.05) is 25.9 Å². The van der Waals surface area contributed by atoms with Crippen molar-refractivity contribution in [2.75, 3.05) is 13.1 Å². The van der Waals surface area contributed by atoms with Gasteiger partial charge in [0.05, 0.1) is 6.10 Å². The van der Waals surface area contributed by atoms with E-state index in [0.29, 0.717) is 36.5 Å². The van der Waals surface area contributed by atoms with Crippen LogP contribution < -0.4 is 0 Å². The lowest BCUT2D eigenvalue weighted by molar-refractivity contribution is -0.00160. The van der Waals surface area contributed by atoms with Gasteiger partial charge in [0.2, 0.25) is 11.7 Å². The first-order valence-electron chi connectivity index (χ1n) is 7.91.